The second-order valence-corrected chi connectivity index (χ2v) is 17.5. The fraction of sp³-hybridized carbons (Fsp3) is 0.765. The van der Waals surface area contributed by atoms with Gasteiger partial charge in [-0.05, 0) is 125 Å². The van der Waals surface area contributed by atoms with Crippen LogP contribution in [0.5, 0.6) is 0 Å². The van der Waals surface area contributed by atoms with Crippen molar-refractivity contribution in [3.05, 3.63) is 70.8 Å². The summed E-state index contributed by atoms with van der Waals surface area (Å²) in [6, 6.07) is 17.6. The average Bonchev–Trinajstić information content (AvgIpc) is 3.70. The van der Waals surface area contributed by atoms with Crippen LogP contribution in [-0.4, -0.2) is 0 Å². The average molecular weight is 713 g/mol. The lowest BCUT2D eigenvalue weighted by atomic mass is 9.80. The summed E-state index contributed by atoms with van der Waals surface area (Å²) in [5.41, 5.74) is 5.88. The topological polar surface area (TPSA) is 0 Å². The molecular formula is C51H100. The van der Waals surface area contributed by atoms with E-state index in [1.807, 2.05) is 0 Å². The molecule has 0 heteroatoms. The number of benzene rings is 2. The third-order valence-electron chi connectivity index (χ3n) is 11.2. The molecule has 0 spiro atoms. The molecule has 4 atom stereocenters. The van der Waals surface area contributed by atoms with Crippen molar-refractivity contribution in [1.29, 1.82) is 0 Å². The Kier molecular flexibility index (Phi) is 34.4. The normalized spacial score (nSPS) is 19.1. The predicted octanol–water partition coefficient (Wildman–Crippen LogP) is 18.5. The van der Waals surface area contributed by atoms with Crippen LogP contribution in [0, 0.1) is 47.3 Å². The van der Waals surface area contributed by atoms with Crippen molar-refractivity contribution < 1.29 is 0 Å². The van der Waals surface area contributed by atoms with Crippen LogP contribution in [0.1, 0.15) is 232 Å². The van der Waals surface area contributed by atoms with Crippen LogP contribution in [0.15, 0.2) is 48.5 Å². The van der Waals surface area contributed by atoms with Gasteiger partial charge in [-0.3, -0.25) is 0 Å². The van der Waals surface area contributed by atoms with Gasteiger partial charge in [0.25, 0.3) is 0 Å². The Labute approximate surface area is 327 Å². The monoisotopic (exact) mass is 713 g/mol. The molecule has 51 heavy (non-hydrogen) atoms. The van der Waals surface area contributed by atoms with Crippen LogP contribution in [0.25, 0.3) is 0 Å². The molecular weight excluding hydrogens is 613 g/mol. The SMILES string of the molecule is C.C.C.C.C.CC(C)C1CCC(C(C)C)C1.CC(C)C1CCCC1C(C)C.CC(C)c1cccc(C(C)C)c1.CC(C)c1ccccc1C(C)C. The summed E-state index contributed by atoms with van der Waals surface area (Å²) in [5, 5.41) is 0. The van der Waals surface area contributed by atoms with Gasteiger partial charge in [-0.25, -0.2) is 0 Å². The van der Waals surface area contributed by atoms with Gasteiger partial charge in [0.2, 0.25) is 0 Å². The van der Waals surface area contributed by atoms with E-state index in [0.717, 1.165) is 47.3 Å². The first-order chi connectivity index (χ1) is 21.5. The Balaban J connectivity index is -0.000000179. The van der Waals surface area contributed by atoms with Gasteiger partial charge >= 0.3 is 0 Å². The minimum absolute atomic E-state index is 0. The molecule has 4 unspecified atom stereocenters. The fourth-order valence-corrected chi connectivity index (χ4v) is 7.78. The second-order valence-electron chi connectivity index (χ2n) is 17.5. The maximum atomic E-state index is 2.38. The first-order valence-corrected chi connectivity index (χ1v) is 19.7. The summed E-state index contributed by atoms with van der Waals surface area (Å²) in [5.74, 6) is 10.3. The van der Waals surface area contributed by atoms with E-state index >= 15 is 0 Å². The van der Waals surface area contributed by atoms with Gasteiger partial charge in [-0.15, -0.1) is 0 Å². The smallest absolute Gasteiger partial charge is 0.0216 e. The Morgan fingerprint density at radius 3 is 0.961 bits per heavy atom. The standard InChI is InChI=1S/2C12H18.2C11H22.5CH4/c1-9(2)11-6-5-7-12(8-11)10(3)4;1-9(2)11-7-5-6-8-12(11)10(3)4;1-8(2)10-5-6-11(7-10)9(3)4;1-8(2)10-6-5-7-11(10)9(3)4;;;;;/h2*5-10H,1-4H3;2*8-11H,5-7H2,1-4H3;5*1H4. The molecule has 0 aliphatic heterocycles. The first-order valence-electron chi connectivity index (χ1n) is 19.7. The third kappa shape index (κ3) is 21.1. The molecule has 0 aromatic heterocycles. The van der Waals surface area contributed by atoms with Crippen molar-refractivity contribution >= 4 is 0 Å². The molecule has 304 valence electrons. The Hall–Kier alpha value is -1.56. The summed E-state index contributed by atoms with van der Waals surface area (Å²) in [6.45, 7) is 36.9. The van der Waals surface area contributed by atoms with E-state index in [9.17, 15) is 0 Å². The van der Waals surface area contributed by atoms with Gasteiger partial charge in [-0.1, -0.05) is 203 Å². The lowest BCUT2D eigenvalue weighted by molar-refractivity contribution is 0.235. The lowest BCUT2D eigenvalue weighted by Crippen LogP contribution is -2.18. The van der Waals surface area contributed by atoms with Crippen LogP contribution in [0.3, 0.4) is 0 Å². The maximum Gasteiger partial charge on any atom is -0.0216 e. The lowest BCUT2D eigenvalue weighted by Gasteiger charge is -2.26. The maximum absolute atomic E-state index is 2.38. The van der Waals surface area contributed by atoms with Crippen molar-refractivity contribution in [2.45, 2.75) is 210 Å². The van der Waals surface area contributed by atoms with Crippen LogP contribution in [0.2, 0.25) is 0 Å². The molecule has 0 heterocycles. The van der Waals surface area contributed by atoms with Crippen molar-refractivity contribution in [3.63, 3.8) is 0 Å². The van der Waals surface area contributed by atoms with Crippen LogP contribution in [-0.2, 0) is 0 Å². The van der Waals surface area contributed by atoms with Gasteiger partial charge < -0.3 is 0 Å². The Bertz CT molecular complexity index is 971. The van der Waals surface area contributed by atoms with Crippen molar-refractivity contribution in [2.24, 2.45) is 47.3 Å². The molecule has 2 aromatic rings. The van der Waals surface area contributed by atoms with E-state index < -0.39 is 0 Å². The third-order valence-corrected chi connectivity index (χ3v) is 11.2. The zero-order chi connectivity index (χ0) is 35.1. The highest BCUT2D eigenvalue weighted by molar-refractivity contribution is 5.32. The molecule has 0 radical (unpaired) electrons. The predicted molar refractivity (Wildman–Crippen MR) is 244 cm³/mol. The van der Waals surface area contributed by atoms with E-state index in [1.165, 1.54) is 60.8 Å². The fourth-order valence-electron chi connectivity index (χ4n) is 7.78. The zero-order valence-corrected chi connectivity index (χ0v) is 33.8. The van der Waals surface area contributed by atoms with Crippen molar-refractivity contribution in [3.8, 4) is 0 Å². The Morgan fingerprint density at radius 2 is 0.725 bits per heavy atom. The molecule has 4 rings (SSSR count). The molecule has 2 fully saturated rings. The molecule has 0 N–H and O–H groups in total. The highest BCUT2D eigenvalue weighted by Gasteiger charge is 2.31. The highest BCUT2D eigenvalue weighted by Crippen LogP contribution is 2.41. The zero-order valence-electron chi connectivity index (χ0n) is 33.8. The van der Waals surface area contributed by atoms with Crippen LogP contribution >= 0.6 is 0 Å². The van der Waals surface area contributed by atoms with Crippen molar-refractivity contribution in [2.75, 3.05) is 0 Å². The molecule has 2 aliphatic rings. The number of hydrogen-bond acceptors (Lipinski definition) is 0. The minimum atomic E-state index is 0. The van der Waals surface area contributed by atoms with Gasteiger partial charge in [0.05, 0.1) is 0 Å². The highest BCUT2D eigenvalue weighted by atomic mass is 14.4. The summed E-state index contributed by atoms with van der Waals surface area (Å²) in [7, 11) is 0. The second kappa shape index (κ2) is 29.8. The van der Waals surface area contributed by atoms with Crippen molar-refractivity contribution in [1.82, 2.24) is 0 Å². The van der Waals surface area contributed by atoms with Crippen LogP contribution < -0.4 is 0 Å². The van der Waals surface area contributed by atoms with Gasteiger partial charge in [0.15, 0.2) is 0 Å². The van der Waals surface area contributed by atoms with Gasteiger partial charge in [0, 0.05) is 0 Å². The summed E-state index contributed by atoms with van der Waals surface area (Å²) in [6.07, 6.45) is 8.92. The van der Waals surface area contributed by atoms with E-state index in [4.69, 9.17) is 0 Å². The molecule has 0 bridgehead atoms. The molecule has 0 nitrogen and oxygen atoms in total. The van der Waals surface area contributed by atoms with Gasteiger partial charge in [-0.2, -0.15) is 0 Å². The summed E-state index contributed by atoms with van der Waals surface area (Å²) >= 11 is 0. The van der Waals surface area contributed by atoms with E-state index in [1.54, 1.807) is 0 Å². The minimum Gasteiger partial charge on any atom is -0.0776 e. The molecule has 2 aromatic carbocycles. The summed E-state index contributed by atoms with van der Waals surface area (Å²) in [4.78, 5) is 0. The molecule has 0 saturated heterocycles. The van der Waals surface area contributed by atoms with E-state index in [2.05, 4.69) is 159 Å². The Morgan fingerprint density at radius 1 is 0.392 bits per heavy atom. The van der Waals surface area contributed by atoms with E-state index in [-0.39, 0.29) is 37.1 Å². The molecule has 2 aliphatic carbocycles. The quantitative estimate of drug-likeness (QED) is 0.256. The summed E-state index contributed by atoms with van der Waals surface area (Å²) < 4.78 is 0. The number of rotatable bonds is 8. The largest absolute Gasteiger partial charge is 0.0776 e. The van der Waals surface area contributed by atoms with E-state index in [0.29, 0.717) is 23.7 Å². The van der Waals surface area contributed by atoms with Gasteiger partial charge in [0.1, 0.15) is 0 Å². The number of hydrogen-bond donors (Lipinski definition) is 0. The molecule has 0 amide bonds. The first kappa shape index (κ1) is 58.7. The molecule has 2 saturated carbocycles. The van der Waals surface area contributed by atoms with Crippen LogP contribution in [0.4, 0.5) is 0 Å².